The fraction of sp³-hybridized carbons (Fsp3) is 0.538. The summed E-state index contributed by atoms with van der Waals surface area (Å²) in [5, 5.41) is 23.1. The third-order valence-corrected chi connectivity index (χ3v) is 2.86. The Labute approximate surface area is 113 Å². The number of ether oxygens (including phenoxy) is 1. The van der Waals surface area contributed by atoms with Crippen molar-refractivity contribution < 1.29 is 14.9 Å². The molecule has 0 bridgehead atoms. The van der Waals surface area contributed by atoms with Gasteiger partial charge in [-0.2, -0.15) is 0 Å². The van der Waals surface area contributed by atoms with Gasteiger partial charge in [0.2, 0.25) is 0 Å². The maximum Gasteiger partial charge on any atom is 0.0914 e. The number of aliphatic hydroxyl groups excluding tert-OH is 2. The number of methoxy groups -OCH3 is 1. The first-order valence-corrected chi connectivity index (χ1v) is 6.32. The molecule has 0 spiro atoms. The van der Waals surface area contributed by atoms with Crippen molar-refractivity contribution in [3.05, 3.63) is 34.9 Å². The molecule has 3 N–H and O–H groups in total. The lowest BCUT2D eigenvalue weighted by Crippen LogP contribution is -2.26. The average Bonchev–Trinajstić information content (AvgIpc) is 2.35. The molecule has 4 nitrogen and oxygen atoms in total. The van der Waals surface area contributed by atoms with E-state index in [1.807, 2.05) is 0 Å². The summed E-state index contributed by atoms with van der Waals surface area (Å²) in [7, 11) is 1.56. The molecule has 0 saturated heterocycles. The number of hydrogen-bond acceptors (Lipinski definition) is 4. The molecule has 18 heavy (non-hydrogen) atoms. The van der Waals surface area contributed by atoms with Gasteiger partial charge in [0.25, 0.3) is 0 Å². The molecule has 0 aliphatic carbocycles. The summed E-state index contributed by atoms with van der Waals surface area (Å²) in [5.74, 6) is 0. The second-order valence-electron chi connectivity index (χ2n) is 4.17. The maximum atomic E-state index is 9.89. The average molecular weight is 274 g/mol. The molecule has 0 saturated carbocycles. The zero-order valence-electron chi connectivity index (χ0n) is 10.5. The van der Waals surface area contributed by atoms with Crippen molar-refractivity contribution in [1.29, 1.82) is 0 Å². The summed E-state index contributed by atoms with van der Waals surface area (Å²) in [4.78, 5) is 0. The van der Waals surface area contributed by atoms with Gasteiger partial charge < -0.3 is 20.3 Å². The van der Waals surface area contributed by atoms with Crippen molar-refractivity contribution >= 4 is 11.6 Å². The quantitative estimate of drug-likeness (QED) is 0.626. The molecule has 0 aromatic heterocycles. The van der Waals surface area contributed by atoms with E-state index < -0.39 is 12.2 Å². The predicted molar refractivity (Wildman–Crippen MR) is 71.8 cm³/mol. The third kappa shape index (κ3) is 5.80. The van der Waals surface area contributed by atoms with Crippen LogP contribution in [0, 0.1) is 0 Å². The van der Waals surface area contributed by atoms with E-state index in [4.69, 9.17) is 16.3 Å². The Hall–Kier alpha value is -0.650. The lowest BCUT2D eigenvalue weighted by Gasteiger charge is -2.14. The maximum absolute atomic E-state index is 9.89. The van der Waals surface area contributed by atoms with Gasteiger partial charge in [0.15, 0.2) is 0 Å². The van der Waals surface area contributed by atoms with Crippen molar-refractivity contribution in [2.45, 2.75) is 18.6 Å². The van der Waals surface area contributed by atoms with E-state index in [1.165, 1.54) is 0 Å². The smallest absolute Gasteiger partial charge is 0.0914 e. The minimum Gasteiger partial charge on any atom is -0.391 e. The van der Waals surface area contributed by atoms with Crippen LogP contribution in [-0.2, 0) is 4.74 Å². The highest BCUT2D eigenvalue weighted by atomic mass is 35.5. The minimum absolute atomic E-state index is 0.335. The Morgan fingerprint density at radius 1 is 1.28 bits per heavy atom. The van der Waals surface area contributed by atoms with Crippen LogP contribution in [0.15, 0.2) is 24.3 Å². The van der Waals surface area contributed by atoms with Crippen LogP contribution in [0.4, 0.5) is 0 Å². The fourth-order valence-corrected chi connectivity index (χ4v) is 1.71. The van der Waals surface area contributed by atoms with Gasteiger partial charge in [-0.15, -0.1) is 0 Å². The van der Waals surface area contributed by atoms with E-state index >= 15 is 0 Å². The van der Waals surface area contributed by atoms with Gasteiger partial charge in [-0.25, -0.2) is 0 Å². The molecule has 0 aliphatic rings. The normalized spacial score (nSPS) is 14.4. The molecule has 2 unspecified atom stereocenters. The van der Waals surface area contributed by atoms with Gasteiger partial charge in [0, 0.05) is 18.7 Å². The van der Waals surface area contributed by atoms with Crippen LogP contribution in [0.5, 0.6) is 0 Å². The summed E-state index contributed by atoms with van der Waals surface area (Å²) in [6.07, 6.45) is -0.432. The van der Waals surface area contributed by atoms with Gasteiger partial charge in [-0.05, 0) is 30.7 Å². The number of benzene rings is 1. The van der Waals surface area contributed by atoms with Crippen molar-refractivity contribution in [2.75, 3.05) is 26.8 Å². The zero-order valence-corrected chi connectivity index (χ0v) is 11.2. The number of nitrogens with one attached hydrogen (secondary N) is 1. The second-order valence-corrected chi connectivity index (χ2v) is 4.61. The lowest BCUT2D eigenvalue weighted by atomic mass is 10.1. The fourth-order valence-electron chi connectivity index (χ4n) is 1.59. The number of hydrogen-bond donors (Lipinski definition) is 3. The largest absolute Gasteiger partial charge is 0.391 e. The highest BCUT2D eigenvalue weighted by Crippen LogP contribution is 2.15. The molecular weight excluding hydrogens is 254 g/mol. The first kappa shape index (κ1) is 15.4. The summed E-state index contributed by atoms with van der Waals surface area (Å²) in [6, 6.07) is 7.10. The monoisotopic (exact) mass is 273 g/mol. The molecular formula is C13H20ClNO3. The van der Waals surface area contributed by atoms with Crippen LogP contribution in [0.1, 0.15) is 18.1 Å². The molecule has 0 amide bonds. The molecule has 0 aliphatic heterocycles. The molecule has 1 rings (SSSR count). The molecule has 5 heteroatoms. The van der Waals surface area contributed by atoms with E-state index in [0.29, 0.717) is 31.1 Å². The molecule has 0 fully saturated rings. The third-order valence-electron chi connectivity index (χ3n) is 2.61. The van der Waals surface area contributed by atoms with E-state index in [-0.39, 0.29) is 0 Å². The van der Waals surface area contributed by atoms with Crippen LogP contribution >= 0.6 is 11.6 Å². The van der Waals surface area contributed by atoms with Gasteiger partial charge in [0.1, 0.15) is 0 Å². The number of halogens is 1. The molecule has 1 aromatic carbocycles. The standard InChI is InChI=1S/C13H20ClNO3/c1-18-9-12(16)6-7-15-8-13(17)10-2-4-11(14)5-3-10/h2-5,12-13,15-17H,6-9H2,1H3. The Kier molecular flexibility index (Phi) is 7.23. The molecule has 0 radical (unpaired) electrons. The summed E-state index contributed by atoms with van der Waals surface area (Å²) >= 11 is 5.77. The van der Waals surface area contributed by atoms with Crippen LogP contribution in [0.25, 0.3) is 0 Å². The number of aliphatic hydroxyl groups is 2. The van der Waals surface area contributed by atoms with Gasteiger partial charge >= 0.3 is 0 Å². The van der Waals surface area contributed by atoms with E-state index in [9.17, 15) is 10.2 Å². The molecule has 1 aromatic rings. The highest BCUT2D eigenvalue weighted by molar-refractivity contribution is 6.30. The Balaban J connectivity index is 2.21. The molecule has 2 atom stereocenters. The Bertz CT molecular complexity index is 332. The molecule has 102 valence electrons. The Morgan fingerprint density at radius 2 is 1.94 bits per heavy atom. The van der Waals surface area contributed by atoms with Crippen molar-refractivity contribution in [3.63, 3.8) is 0 Å². The SMILES string of the molecule is COCC(O)CCNCC(O)c1ccc(Cl)cc1. The summed E-state index contributed by atoms with van der Waals surface area (Å²) in [6.45, 7) is 1.41. The van der Waals surface area contributed by atoms with Crippen molar-refractivity contribution in [2.24, 2.45) is 0 Å². The van der Waals surface area contributed by atoms with Crippen LogP contribution in [0.3, 0.4) is 0 Å². The number of rotatable bonds is 8. The topological polar surface area (TPSA) is 61.7 Å². The van der Waals surface area contributed by atoms with Gasteiger partial charge in [0.05, 0.1) is 18.8 Å². The van der Waals surface area contributed by atoms with E-state index in [1.54, 1.807) is 31.4 Å². The summed E-state index contributed by atoms with van der Waals surface area (Å²) in [5.41, 5.74) is 0.823. The Morgan fingerprint density at radius 3 is 2.56 bits per heavy atom. The van der Waals surface area contributed by atoms with Crippen molar-refractivity contribution in [1.82, 2.24) is 5.32 Å². The lowest BCUT2D eigenvalue weighted by molar-refractivity contribution is 0.0586. The van der Waals surface area contributed by atoms with Crippen LogP contribution in [0.2, 0.25) is 5.02 Å². The van der Waals surface area contributed by atoms with E-state index in [0.717, 1.165) is 5.56 Å². The van der Waals surface area contributed by atoms with Gasteiger partial charge in [-0.1, -0.05) is 23.7 Å². The van der Waals surface area contributed by atoms with Crippen LogP contribution in [-0.4, -0.2) is 43.1 Å². The highest BCUT2D eigenvalue weighted by Gasteiger charge is 2.07. The summed E-state index contributed by atoms with van der Waals surface area (Å²) < 4.78 is 4.82. The van der Waals surface area contributed by atoms with E-state index in [2.05, 4.69) is 5.32 Å². The van der Waals surface area contributed by atoms with Crippen molar-refractivity contribution in [3.8, 4) is 0 Å². The zero-order chi connectivity index (χ0) is 13.4. The predicted octanol–water partition coefficient (Wildman–Crippen LogP) is 1.36. The molecule has 0 heterocycles. The first-order valence-electron chi connectivity index (χ1n) is 5.94. The van der Waals surface area contributed by atoms with Gasteiger partial charge in [-0.3, -0.25) is 0 Å². The van der Waals surface area contributed by atoms with Crippen LogP contribution < -0.4 is 5.32 Å². The first-order chi connectivity index (χ1) is 8.63. The second kappa shape index (κ2) is 8.45. The minimum atomic E-state index is -0.568.